The van der Waals surface area contributed by atoms with E-state index in [0.717, 1.165) is 6.42 Å². The predicted octanol–water partition coefficient (Wildman–Crippen LogP) is -0.552. The normalized spacial score (nSPS) is 25.3. The third-order valence-electron chi connectivity index (χ3n) is 2.78. The summed E-state index contributed by atoms with van der Waals surface area (Å²) in [6, 6.07) is 1.56. The van der Waals surface area contributed by atoms with E-state index >= 15 is 0 Å². The molecule has 1 aromatic rings. The molecule has 3 unspecified atom stereocenters. The summed E-state index contributed by atoms with van der Waals surface area (Å²) in [6.07, 6.45) is 1.74. The lowest BCUT2D eigenvalue weighted by Gasteiger charge is -2.17. The molecule has 0 spiro atoms. The van der Waals surface area contributed by atoms with Crippen molar-refractivity contribution in [3.05, 3.63) is 22.7 Å². The molecule has 5 N–H and O–H groups in total. The molecular formula is C13H23N3O5. The summed E-state index contributed by atoms with van der Waals surface area (Å²) in [6.45, 7) is 4.54. The standard InChI is InChI=1S/C10H15N3O3.C3H8O2/c1-6-4-7(5-14)16-9(6)13-3-2-8(11)12-10(13)15;1-3(2,4)5/h2-3,6-7,9,14H,4-5H2,1H3,(H2,11,12,15);4-5H,1-2H3. The first kappa shape index (κ1) is 17.6. The molecule has 0 aromatic carbocycles. The van der Waals surface area contributed by atoms with Crippen LogP contribution in [-0.2, 0) is 4.74 Å². The van der Waals surface area contributed by atoms with Crippen LogP contribution in [0, 0.1) is 5.92 Å². The fourth-order valence-electron chi connectivity index (χ4n) is 1.99. The van der Waals surface area contributed by atoms with E-state index in [1.807, 2.05) is 6.92 Å². The molecule has 0 bridgehead atoms. The van der Waals surface area contributed by atoms with Gasteiger partial charge in [-0.3, -0.25) is 4.57 Å². The fraction of sp³-hybridized carbons (Fsp3) is 0.692. The molecule has 8 heteroatoms. The van der Waals surface area contributed by atoms with E-state index in [-0.39, 0.29) is 30.7 Å². The van der Waals surface area contributed by atoms with E-state index in [2.05, 4.69) is 4.98 Å². The van der Waals surface area contributed by atoms with Crippen molar-refractivity contribution in [1.82, 2.24) is 9.55 Å². The summed E-state index contributed by atoms with van der Waals surface area (Å²) in [7, 11) is 0. The average molecular weight is 301 g/mol. The van der Waals surface area contributed by atoms with Crippen LogP contribution in [0.5, 0.6) is 0 Å². The van der Waals surface area contributed by atoms with Crippen LogP contribution in [0.25, 0.3) is 0 Å². The highest BCUT2D eigenvalue weighted by Gasteiger charge is 2.33. The highest BCUT2D eigenvalue weighted by molar-refractivity contribution is 5.23. The van der Waals surface area contributed by atoms with Crippen molar-refractivity contribution < 1.29 is 20.1 Å². The third-order valence-corrected chi connectivity index (χ3v) is 2.78. The first-order chi connectivity index (χ1) is 9.61. The Morgan fingerprint density at radius 1 is 1.52 bits per heavy atom. The maximum atomic E-state index is 11.6. The molecule has 0 amide bonds. The number of aliphatic hydroxyl groups is 3. The van der Waals surface area contributed by atoms with Crippen LogP contribution in [0.4, 0.5) is 5.82 Å². The second kappa shape index (κ2) is 6.99. The molecule has 21 heavy (non-hydrogen) atoms. The van der Waals surface area contributed by atoms with Crippen molar-refractivity contribution in [1.29, 1.82) is 0 Å². The number of anilines is 1. The largest absolute Gasteiger partial charge is 0.394 e. The molecule has 3 atom stereocenters. The van der Waals surface area contributed by atoms with E-state index < -0.39 is 11.5 Å². The number of aromatic nitrogens is 2. The molecule has 0 radical (unpaired) electrons. The Bertz CT molecular complexity index is 505. The van der Waals surface area contributed by atoms with E-state index in [4.69, 9.17) is 25.8 Å². The Morgan fingerprint density at radius 3 is 2.52 bits per heavy atom. The van der Waals surface area contributed by atoms with Gasteiger partial charge in [0.15, 0.2) is 5.79 Å². The number of aliphatic hydroxyl groups excluding tert-OH is 1. The molecular weight excluding hydrogens is 278 g/mol. The lowest BCUT2D eigenvalue weighted by atomic mass is 10.1. The van der Waals surface area contributed by atoms with Crippen LogP contribution < -0.4 is 11.4 Å². The smallest absolute Gasteiger partial charge is 0.351 e. The van der Waals surface area contributed by atoms with Gasteiger partial charge in [-0.25, -0.2) is 4.79 Å². The average Bonchev–Trinajstić information content (AvgIpc) is 2.68. The van der Waals surface area contributed by atoms with Crippen LogP contribution in [0.3, 0.4) is 0 Å². The Labute approximate surface area is 122 Å². The number of nitrogens with zero attached hydrogens (tertiary/aromatic N) is 2. The lowest BCUT2D eigenvalue weighted by molar-refractivity contribution is -0.127. The number of nitrogens with two attached hydrogens (primary N) is 1. The fourth-order valence-corrected chi connectivity index (χ4v) is 1.99. The summed E-state index contributed by atoms with van der Waals surface area (Å²) in [5.41, 5.74) is 4.99. The summed E-state index contributed by atoms with van der Waals surface area (Å²) < 4.78 is 6.98. The second-order valence-electron chi connectivity index (χ2n) is 5.58. The first-order valence-electron chi connectivity index (χ1n) is 6.67. The quantitative estimate of drug-likeness (QED) is 0.539. The van der Waals surface area contributed by atoms with E-state index in [1.165, 1.54) is 18.4 Å². The topological polar surface area (TPSA) is 131 Å². The molecule has 1 aliphatic heterocycles. The van der Waals surface area contributed by atoms with Gasteiger partial charge in [0.05, 0.1) is 12.7 Å². The van der Waals surface area contributed by atoms with Gasteiger partial charge in [0.2, 0.25) is 0 Å². The van der Waals surface area contributed by atoms with Gasteiger partial charge in [-0.1, -0.05) is 6.92 Å². The Balaban J connectivity index is 0.000000383. The summed E-state index contributed by atoms with van der Waals surface area (Å²) >= 11 is 0. The summed E-state index contributed by atoms with van der Waals surface area (Å²) in [5.74, 6) is -1.13. The number of rotatable bonds is 2. The van der Waals surface area contributed by atoms with Gasteiger partial charge >= 0.3 is 5.69 Å². The number of nitrogen functional groups attached to an aromatic ring is 1. The number of hydrogen-bond donors (Lipinski definition) is 4. The van der Waals surface area contributed by atoms with Gasteiger partial charge < -0.3 is 25.8 Å². The Hall–Kier alpha value is -1.48. The molecule has 1 fully saturated rings. The van der Waals surface area contributed by atoms with E-state index in [0.29, 0.717) is 0 Å². The highest BCUT2D eigenvalue weighted by atomic mass is 16.5. The molecule has 0 aliphatic carbocycles. The number of hydrogen-bond acceptors (Lipinski definition) is 7. The second-order valence-corrected chi connectivity index (χ2v) is 5.58. The van der Waals surface area contributed by atoms with Crippen molar-refractivity contribution >= 4 is 5.82 Å². The van der Waals surface area contributed by atoms with Gasteiger partial charge in [-0.15, -0.1) is 0 Å². The van der Waals surface area contributed by atoms with Crippen molar-refractivity contribution in [2.75, 3.05) is 12.3 Å². The predicted molar refractivity (Wildman–Crippen MR) is 76.2 cm³/mol. The molecule has 8 nitrogen and oxygen atoms in total. The summed E-state index contributed by atoms with van der Waals surface area (Å²) in [4.78, 5) is 15.2. The summed E-state index contributed by atoms with van der Waals surface area (Å²) in [5, 5.41) is 25.2. The van der Waals surface area contributed by atoms with E-state index in [1.54, 1.807) is 12.3 Å². The third kappa shape index (κ3) is 5.80. The maximum Gasteiger partial charge on any atom is 0.351 e. The lowest BCUT2D eigenvalue weighted by Crippen LogP contribution is -2.29. The zero-order valence-corrected chi connectivity index (χ0v) is 12.4. The molecule has 0 saturated carbocycles. The van der Waals surface area contributed by atoms with Gasteiger partial charge in [-0.2, -0.15) is 4.98 Å². The van der Waals surface area contributed by atoms with Gasteiger partial charge in [-0.05, 0) is 26.3 Å². The van der Waals surface area contributed by atoms with Crippen LogP contribution in [-0.4, -0.2) is 43.4 Å². The van der Waals surface area contributed by atoms with Crippen LogP contribution in [0.2, 0.25) is 0 Å². The SMILES string of the molecule is CC(C)(O)O.CC1CC(CO)OC1n1ccc(N)nc1=O. The molecule has 1 saturated heterocycles. The zero-order chi connectivity index (χ0) is 16.2. The van der Waals surface area contributed by atoms with E-state index in [9.17, 15) is 4.79 Å². The van der Waals surface area contributed by atoms with Crippen molar-refractivity contribution in [3.63, 3.8) is 0 Å². The molecule has 1 aliphatic rings. The molecule has 2 heterocycles. The maximum absolute atomic E-state index is 11.6. The van der Waals surface area contributed by atoms with Gasteiger partial charge in [0.1, 0.15) is 12.0 Å². The first-order valence-corrected chi connectivity index (χ1v) is 6.67. The monoisotopic (exact) mass is 301 g/mol. The van der Waals surface area contributed by atoms with Crippen LogP contribution in [0.1, 0.15) is 33.4 Å². The van der Waals surface area contributed by atoms with Crippen molar-refractivity contribution in [2.45, 2.75) is 45.3 Å². The Kier molecular flexibility index (Phi) is 5.85. The number of ether oxygens (including phenoxy) is 1. The molecule has 120 valence electrons. The van der Waals surface area contributed by atoms with Crippen molar-refractivity contribution in [3.8, 4) is 0 Å². The van der Waals surface area contributed by atoms with Crippen LogP contribution in [0.15, 0.2) is 17.1 Å². The minimum Gasteiger partial charge on any atom is -0.394 e. The molecule has 1 aromatic heterocycles. The molecule has 2 rings (SSSR count). The minimum absolute atomic E-state index is 0.0298. The minimum atomic E-state index is -1.50. The van der Waals surface area contributed by atoms with Crippen molar-refractivity contribution in [2.24, 2.45) is 5.92 Å². The van der Waals surface area contributed by atoms with Gasteiger partial charge in [0.25, 0.3) is 0 Å². The zero-order valence-electron chi connectivity index (χ0n) is 12.4. The highest BCUT2D eigenvalue weighted by Crippen LogP contribution is 2.32. The van der Waals surface area contributed by atoms with Crippen LogP contribution >= 0.6 is 0 Å². The Morgan fingerprint density at radius 2 is 2.10 bits per heavy atom. The van der Waals surface area contributed by atoms with Gasteiger partial charge in [0, 0.05) is 12.1 Å².